The zero-order valence-electron chi connectivity index (χ0n) is 15.8. The van der Waals surface area contributed by atoms with Crippen LogP contribution in [0.2, 0.25) is 5.02 Å². The van der Waals surface area contributed by atoms with E-state index in [-0.39, 0.29) is 18.4 Å². The number of carbonyl (C=O) groups is 2. The Labute approximate surface area is 164 Å². The first kappa shape index (κ1) is 19.2. The number of hydrogen-bond donors (Lipinski definition) is 1. The summed E-state index contributed by atoms with van der Waals surface area (Å²) >= 11 is 5.83. The van der Waals surface area contributed by atoms with Gasteiger partial charge in [0.1, 0.15) is 0 Å². The lowest BCUT2D eigenvalue weighted by atomic mass is 10.2. The number of nitrogens with one attached hydrogen (secondary N) is 1. The maximum atomic E-state index is 12.3. The van der Waals surface area contributed by atoms with E-state index in [1.54, 1.807) is 31.3 Å². The number of anilines is 1. The van der Waals surface area contributed by atoms with Crippen molar-refractivity contribution in [2.24, 2.45) is 0 Å². The number of benzene rings is 1. The van der Waals surface area contributed by atoms with Crippen LogP contribution in [-0.4, -0.2) is 34.9 Å². The average Bonchev–Trinajstić information content (AvgIpc) is 3.40. The minimum absolute atomic E-state index is 0.0209. The van der Waals surface area contributed by atoms with Crippen LogP contribution in [-0.2, 0) is 9.59 Å². The van der Waals surface area contributed by atoms with Crippen molar-refractivity contribution in [3.8, 4) is 0 Å². The highest BCUT2D eigenvalue weighted by Crippen LogP contribution is 2.38. The summed E-state index contributed by atoms with van der Waals surface area (Å²) in [5, 5.41) is 3.35. The van der Waals surface area contributed by atoms with Gasteiger partial charge in [-0.05, 0) is 68.7 Å². The lowest BCUT2D eigenvalue weighted by molar-refractivity contribution is -0.129. The largest absolute Gasteiger partial charge is 0.346 e. The monoisotopic (exact) mass is 385 g/mol. The van der Waals surface area contributed by atoms with Crippen molar-refractivity contribution in [3.05, 3.63) is 58.4 Å². The fraction of sp³-hybridized carbons (Fsp3) is 0.333. The number of halogens is 1. The molecule has 0 bridgehead atoms. The Kier molecular flexibility index (Phi) is 5.71. The third kappa shape index (κ3) is 4.80. The van der Waals surface area contributed by atoms with E-state index in [0.29, 0.717) is 16.8 Å². The van der Waals surface area contributed by atoms with Crippen molar-refractivity contribution in [2.45, 2.75) is 32.7 Å². The van der Waals surface area contributed by atoms with Gasteiger partial charge in [-0.1, -0.05) is 11.6 Å². The van der Waals surface area contributed by atoms with E-state index >= 15 is 0 Å². The molecule has 2 aromatic rings. The van der Waals surface area contributed by atoms with Crippen LogP contribution in [0.1, 0.15) is 35.8 Å². The standard InChI is InChI=1S/C21H24ClN3O2/c1-14-12-16(15(2)25(14)19-9-10-19)4-11-21(27)24(3)13-20(26)23-18-7-5-17(22)6-8-18/h4-8,11-12,19H,9-10,13H2,1-3H3,(H,23,26)/b11-4+. The Bertz CT molecular complexity index is 880. The lowest BCUT2D eigenvalue weighted by Gasteiger charge is -2.15. The van der Waals surface area contributed by atoms with Crippen molar-refractivity contribution in [1.29, 1.82) is 0 Å². The zero-order valence-corrected chi connectivity index (χ0v) is 16.6. The molecule has 0 saturated heterocycles. The first-order valence-electron chi connectivity index (χ1n) is 9.02. The summed E-state index contributed by atoms with van der Waals surface area (Å²) in [6.45, 7) is 4.16. The zero-order chi connectivity index (χ0) is 19.6. The fourth-order valence-electron chi connectivity index (χ4n) is 3.18. The van der Waals surface area contributed by atoms with Gasteiger partial charge in [0.05, 0.1) is 6.54 Å². The molecule has 0 atom stereocenters. The van der Waals surface area contributed by atoms with Gasteiger partial charge in [-0.3, -0.25) is 9.59 Å². The lowest BCUT2D eigenvalue weighted by Crippen LogP contribution is -2.33. The van der Waals surface area contributed by atoms with Crippen LogP contribution in [0.15, 0.2) is 36.4 Å². The van der Waals surface area contributed by atoms with Crippen LogP contribution in [0.5, 0.6) is 0 Å². The van der Waals surface area contributed by atoms with E-state index in [0.717, 1.165) is 5.56 Å². The van der Waals surface area contributed by atoms with Crippen molar-refractivity contribution in [3.63, 3.8) is 0 Å². The molecule has 1 aromatic carbocycles. The first-order valence-corrected chi connectivity index (χ1v) is 9.40. The first-order chi connectivity index (χ1) is 12.8. The van der Waals surface area contributed by atoms with E-state index < -0.39 is 0 Å². The molecule has 3 rings (SSSR count). The molecule has 1 aromatic heterocycles. The van der Waals surface area contributed by atoms with Crippen molar-refractivity contribution < 1.29 is 9.59 Å². The van der Waals surface area contributed by atoms with Gasteiger partial charge in [0.15, 0.2) is 0 Å². The van der Waals surface area contributed by atoms with Crippen molar-refractivity contribution >= 4 is 35.2 Å². The molecule has 0 aliphatic heterocycles. The number of aryl methyl sites for hydroxylation is 1. The van der Waals surface area contributed by atoms with E-state index in [9.17, 15) is 9.59 Å². The molecule has 1 saturated carbocycles. The van der Waals surface area contributed by atoms with E-state index in [2.05, 4.69) is 29.8 Å². The van der Waals surface area contributed by atoms with Gasteiger partial charge < -0.3 is 14.8 Å². The second-order valence-corrected chi connectivity index (χ2v) is 7.45. The highest BCUT2D eigenvalue weighted by atomic mass is 35.5. The highest BCUT2D eigenvalue weighted by molar-refractivity contribution is 6.30. The summed E-state index contributed by atoms with van der Waals surface area (Å²) in [6, 6.07) is 9.56. The van der Waals surface area contributed by atoms with E-state index in [1.165, 1.54) is 35.2 Å². The number of hydrogen-bond acceptors (Lipinski definition) is 2. The summed E-state index contributed by atoms with van der Waals surface area (Å²) in [6.07, 6.45) is 5.81. The Morgan fingerprint density at radius 2 is 1.93 bits per heavy atom. The molecule has 1 heterocycles. The molecular weight excluding hydrogens is 362 g/mol. The van der Waals surface area contributed by atoms with Gasteiger partial charge in [0, 0.05) is 41.3 Å². The molecule has 2 amide bonds. The molecule has 1 N–H and O–H groups in total. The smallest absolute Gasteiger partial charge is 0.246 e. The van der Waals surface area contributed by atoms with Crippen molar-refractivity contribution in [2.75, 3.05) is 18.9 Å². The second kappa shape index (κ2) is 8.01. The fourth-order valence-corrected chi connectivity index (χ4v) is 3.31. The van der Waals surface area contributed by atoms with Gasteiger partial charge >= 0.3 is 0 Å². The van der Waals surface area contributed by atoms with Gasteiger partial charge in [-0.15, -0.1) is 0 Å². The summed E-state index contributed by atoms with van der Waals surface area (Å²) in [7, 11) is 1.61. The third-order valence-electron chi connectivity index (χ3n) is 4.73. The summed E-state index contributed by atoms with van der Waals surface area (Å²) in [4.78, 5) is 25.8. The Morgan fingerprint density at radius 1 is 1.26 bits per heavy atom. The van der Waals surface area contributed by atoms with Gasteiger partial charge in [0.25, 0.3) is 0 Å². The molecule has 1 aliphatic rings. The molecule has 0 unspecified atom stereocenters. The van der Waals surface area contributed by atoms with Crippen LogP contribution < -0.4 is 5.32 Å². The molecule has 5 nitrogen and oxygen atoms in total. The summed E-state index contributed by atoms with van der Waals surface area (Å²) < 4.78 is 2.34. The van der Waals surface area contributed by atoms with Crippen LogP contribution in [0.3, 0.4) is 0 Å². The van der Waals surface area contributed by atoms with E-state index in [1.807, 2.05) is 6.08 Å². The number of aromatic nitrogens is 1. The highest BCUT2D eigenvalue weighted by Gasteiger charge is 2.26. The molecule has 0 radical (unpaired) electrons. The Hall–Kier alpha value is -2.53. The minimum atomic E-state index is -0.256. The number of nitrogens with zero attached hydrogens (tertiary/aromatic N) is 2. The predicted molar refractivity (Wildman–Crippen MR) is 109 cm³/mol. The molecule has 142 valence electrons. The van der Waals surface area contributed by atoms with Gasteiger partial charge in [-0.2, -0.15) is 0 Å². The number of rotatable bonds is 6. The Morgan fingerprint density at radius 3 is 2.56 bits per heavy atom. The Balaban J connectivity index is 1.57. The third-order valence-corrected chi connectivity index (χ3v) is 4.98. The van der Waals surface area contributed by atoms with Crippen LogP contribution in [0.25, 0.3) is 6.08 Å². The average molecular weight is 386 g/mol. The van der Waals surface area contributed by atoms with Gasteiger partial charge in [0.2, 0.25) is 11.8 Å². The molecule has 6 heteroatoms. The number of amides is 2. The van der Waals surface area contributed by atoms with Crippen LogP contribution in [0.4, 0.5) is 5.69 Å². The van der Waals surface area contributed by atoms with Crippen LogP contribution in [0, 0.1) is 13.8 Å². The van der Waals surface area contributed by atoms with E-state index in [4.69, 9.17) is 11.6 Å². The quantitative estimate of drug-likeness (QED) is 0.757. The predicted octanol–water partition coefficient (Wildman–Crippen LogP) is 4.20. The maximum absolute atomic E-state index is 12.3. The SMILES string of the molecule is Cc1cc(/C=C/C(=O)N(C)CC(=O)Nc2ccc(Cl)cc2)c(C)n1C1CC1. The molecule has 0 spiro atoms. The molecule has 1 fully saturated rings. The topological polar surface area (TPSA) is 54.3 Å². The number of likely N-dealkylation sites (N-methyl/N-ethyl adjacent to an activating group) is 1. The van der Waals surface area contributed by atoms with Crippen molar-refractivity contribution in [1.82, 2.24) is 9.47 Å². The molecule has 1 aliphatic carbocycles. The molecular formula is C21H24ClN3O2. The second-order valence-electron chi connectivity index (χ2n) is 7.01. The summed E-state index contributed by atoms with van der Waals surface area (Å²) in [5.41, 5.74) is 4.10. The van der Waals surface area contributed by atoms with Gasteiger partial charge in [-0.25, -0.2) is 0 Å². The number of carbonyl (C=O) groups excluding carboxylic acids is 2. The minimum Gasteiger partial charge on any atom is -0.346 e. The van der Waals surface area contributed by atoms with Crippen LogP contribution >= 0.6 is 11.6 Å². The maximum Gasteiger partial charge on any atom is 0.246 e. The normalized spacial score (nSPS) is 13.8. The molecule has 27 heavy (non-hydrogen) atoms. The summed E-state index contributed by atoms with van der Waals surface area (Å²) in [5.74, 6) is -0.467.